The van der Waals surface area contributed by atoms with Crippen molar-refractivity contribution in [2.75, 3.05) is 14.2 Å². The van der Waals surface area contributed by atoms with Crippen LogP contribution in [0.3, 0.4) is 0 Å². The molecule has 0 saturated carbocycles. The summed E-state index contributed by atoms with van der Waals surface area (Å²) >= 11 is 0. The number of unbranched alkanes of at least 4 members (excludes halogenated alkanes) is 6. The van der Waals surface area contributed by atoms with Gasteiger partial charge in [-0.15, -0.1) is 0 Å². The van der Waals surface area contributed by atoms with E-state index in [-0.39, 0.29) is 21.7 Å². The van der Waals surface area contributed by atoms with Crippen molar-refractivity contribution in [2.24, 2.45) is 0 Å². The molecule has 0 aliphatic rings. The first-order valence-corrected chi connectivity index (χ1v) is 18.8. The van der Waals surface area contributed by atoms with Gasteiger partial charge in [0, 0.05) is 35.9 Å². The third-order valence-electron chi connectivity index (χ3n) is 5.97. The van der Waals surface area contributed by atoms with Gasteiger partial charge in [-0.25, -0.2) is 0 Å². The third-order valence-corrected chi connectivity index (χ3v) is 13.7. The Bertz CT molecular complexity index is 251. The molecule has 0 aromatic rings. The molecule has 0 saturated heterocycles. The van der Waals surface area contributed by atoms with Gasteiger partial charge in [-0.3, -0.25) is 0 Å². The van der Waals surface area contributed by atoms with Crippen molar-refractivity contribution in [1.82, 2.24) is 0 Å². The van der Waals surface area contributed by atoms with E-state index in [9.17, 15) is 9.59 Å². The first kappa shape index (κ1) is 44.0. The summed E-state index contributed by atoms with van der Waals surface area (Å²) in [5, 5.41) is 14.0. The molecule has 4 nitrogen and oxygen atoms in total. The number of hydrogen-bond donors (Lipinski definition) is 4. The quantitative estimate of drug-likeness (QED) is 0.132. The Hall–Kier alpha value is 0.988. The van der Waals surface area contributed by atoms with Gasteiger partial charge in [0.15, 0.2) is 16.6 Å². The fourth-order valence-electron chi connectivity index (χ4n) is 3.79. The number of aliphatic hydroxyl groups is 2. The predicted molar refractivity (Wildman–Crippen MR) is 151 cm³/mol. The number of hydrogen-bond acceptors (Lipinski definition) is 4. The van der Waals surface area contributed by atoms with Crippen LogP contribution in [0.4, 0.5) is 0 Å². The zero-order chi connectivity index (χ0) is 25.7. The Morgan fingerprint density at radius 1 is 0.364 bits per heavy atom. The van der Waals surface area contributed by atoms with Crippen LogP contribution in [0.5, 0.6) is 0 Å². The van der Waals surface area contributed by atoms with Crippen LogP contribution in [0.25, 0.3) is 0 Å². The van der Waals surface area contributed by atoms with Crippen LogP contribution in [0.15, 0.2) is 0 Å². The van der Waals surface area contributed by atoms with Crippen LogP contribution in [-0.2, 0) is 21.7 Å². The van der Waals surface area contributed by atoms with Crippen molar-refractivity contribution in [2.45, 2.75) is 155 Å². The molecular formula is C26H64O4Si2Ti. The fraction of sp³-hybridized carbons (Fsp3) is 1.00. The molecule has 0 rings (SSSR count). The van der Waals surface area contributed by atoms with Crippen LogP contribution in [-0.4, -0.2) is 50.7 Å². The Morgan fingerprint density at radius 3 is 0.576 bits per heavy atom. The second kappa shape index (κ2) is 35.2. The molecule has 33 heavy (non-hydrogen) atoms. The summed E-state index contributed by atoms with van der Waals surface area (Å²) in [6.45, 7) is 13.3. The van der Waals surface area contributed by atoms with Gasteiger partial charge in [-0.2, -0.15) is 0 Å². The average molecular weight is 545 g/mol. The SMILES string of the molecule is CCCC[Si](O)(CCCC)CCCC.CCCC[Si](O)(CCCC)CCCC.CO.CO.[Ti]. The summed E-state index contributed by atoms with van der Waals surface area (Å²) in [6, 6.07) is 6.85. The minimum atomic E-state index is -1.81. The fourth-order valence-corrected chi connectivity index (χ4v) is 11.4. The van der Waals surface area contributed by atoms with E-state index in [4.69, 9.17) is 10.2 Å². The molecule has 0 aliphatic heterocycles. The standard InChI is InChI=1S/2C12H28OSi.2CH4O.Ti/c2*1-4-7-10-14(13,11-8-5-2)12-9-6-3;2*1-2;/h2*13H,4-12H2,1-3H3;2*2H,1H3;. The summed E-state index contributed by atoms with van der Waals surface area (Å²) in [5.41, 5.74) is 0. The van der Waals surface area contributed by atoms with E-state index in [0.29, 0.717) is 0 Å². The van der Waals surface area contributed by atoms with Gasteiger partial charge in [0.2, 0.25) is 0 Å². The van der Waals surface area contributed by atoms with E-state index < -0.39 is 16.6 Å². The maximum atomic E-state index is 10.5. The Balaban J connectivity index is -0.000000134. The Morgan fingerprint density at radius 2 is 0.485 bits per heavy atom. The van der Waals surface area contributed by atoms with Crippen LogP contribution in [0.1, 0.15) is 119 Å². The Kier molecular flexibility index (Phi) is 46.9. The van der Waals surface area contributed by atoms with E-state index in [1.54, 1.807) is 0 Å². The topological polar surface area (TPSA) is 80.9 Å². The first-order chi connectivity index (χ1) is 15.4. The van der Waals surface area contributed by atoms with E-state index in [1.165, 1.54) is 77.0 Å². The maximum Gasteiger partial charge on any atom is 0.188 e. The monoisotopic (exact) mass is 544 g/mol. The second-order valence-electron chi connectivity index (χ2n) is 9.07. The molecule has 0 atom stereocenters. The smallest absolute Gasteiger partial charge is 0.188 e. The minimum absolute atomic E-state index is 0. The molecule has 0 aromatic carbocycles. The van der Waals surface area contributed by atoms with Gasteiger partial charge in [0.05, 0.1) is 0 Å². The van der Waals surface area contributed by atoms with Crippen LogP contribution in [0.2, 0.25) is 36.3 Å². The average Bonchev–Trinajstić information content (AvgIpc) is 2.84. The van der Waals surface area contributed by atoms with Crippen molar-refractivity contribution >= 4 is 16.6 Å². The summed E-state index contributed by atoms with van der Waals surface area (Å²) in [5.74, 6) is 0. The van der Waals surface area contributed by atoms with E-state index in [1.807, 2.05) is 0 Å². The van der Waals surface area contributed by atoms with Gasteiger partial charge < -0.3 is 19.8 Å². The predicted octanol–water partition coefficient (Wildman–Crippen LogP) is 7.86. The maximum absolute atomic E-state index is 10.5. The molecule has 7 heteroatoms. The summed E-state index contributed by atoms with van der Waals surface area (Å²) in [6.07, 6.45) is 14.8. The van der Waals surface area contributed by atoms with Gasteiger partial charge in [0.25, 0.3) is 0 Å². The molecule has 0 heterocycles. The molecule has 204 valence electrons. The van der Waals surface area contributed by atoms with Gasteiger partial charge >= 0.3 is 0 Å². The number of rotatable bonds is 18. The third kappa shape index (κ3) is 33.0. The van der Waals surface area contributed by atoms with Gasteiger partial charge in [-0.1, -0.05) is 119 Å². The Labute approximate surface area is 226 Å². The van der Waals surface area contributed by atoms with Crippen molar-refractivity contribution in [3.63, 3.8) is 0 Å². The van der Waals surface area contributed by atoms with Gasteiger partial charge in [-0.05, 0) is 36.3 Å². The largest absolute Gasteiger partial charge is 0.432 e. The van der Waals surface area contributed by atoms with Gasteiger partial charge in [0.1, 0.15) is 0 Å². The van der Waals surface area contributed by atoms with Crippen LogP contribution >= 0.6 is 0 Å². The van der Waals surface area contributed by atoms with Crippen molar-refractivity contribution in [1.29, 1.82) is 0 Å². The van der Waals surface area contributed by atoms with Crippen LogP contribution < -0.4 is 0 Å². The molecule has 0 spiro atoms. The van der Waals surface area contributed by atoms with E-state index in [2.05, 4.69) is 41.5 Å². The molecular weight excluding hydrogens is 480 g/mol. The van der Waals surface area contributed by atoms with Crippen LogP contribution in [0, 0.1) is 0 Å². The molecule has 0 unspecified atom stereocenters. The second-order valence-corrected chi connectivity index (χ2v) is 17.0. The zero-order valence-electron chi connectivity index (χ0n) is 24.0. The molecule has 0 bridgehead atoms. The van der Waals surface area contributed by atoms with E-state index >= 15 is 0 Å². The molecule has 0 radical (unpaired) electrons. The summed E-state index contributed by atoms with van der Waals surface area (Å²) < 4.78 is 0. The van der Waals surface area contributed by atoms with Crippen molar-refractivity contribution in [3.05, 3.63) is 0 Å². The molecule has 0 aromatic heterocycles. The summed E-state index contributed by atoms with van der Waals surface area (Å²) in [7, 11) is -1.62. The number of aliphatic hydroxyl groups excluding tert-OH is 2. The molecule has 0 amide bonds. The minimum Gasteiger partial charge on any atom is -0.432 e. The molecule has 4 N–H and O–H groups in total. The molecule has 0 fully saturated rings. The first-order valence-electron chi connectivity index (χ1n) is 13.7. The van der Waals surface area contributed by atoms with E-state index in [0.717, 1.165) is 50.5 Å². The van der Waals surface area contributed by atoms with Crippen molar-refractivity contribution < 1.29 is 41.5 Å². The summed E-state index contributed by atoms with van der Waals surface area (Å²) in [4.78, 5) is 21.1. The normalized spacial score (nSPS) is 10.5. The molecule has 0 aliphatic carbocycles. The van der Waals surface area contributed by atoms with Crippen molar-refractivity contribution in [3.8, 4) is 0 Å². The zero-order valence-corrected chi connectivity index (χ0v) is 27.6.